The summed E-state index contributed by atoms with van der Waals surface area (Å²) in [6, 6.07) is 14.0. The molecule has 0 bridgehead atoms. The van der Waals surface area contributed by atoms with Crippen LogP contribution >= 0.6 is 11.3 Å². The van der Waals surface area contributed by atoms with Gasteiger partial charge in [-0.2, -0.15) is 0 Å². The molecule has 120 valence electrons. The van der Waals surface area contributed by atoms with Gasteiger partial charge >= 0.3 is 0 Å². The second-order valence-electron chi connectivity index (χ2n) is 4.85. The van der Waals surface area contributed by atoms with Crippen LogP contribution in [0.4, 0.5) is 11.4 Å². The number of carbonyl (C=O) groups is 2. The Labute approximate surface area is 142 Å². The number of thiophene rings is 1. The second-order valence-corrected chi connectivity index (χ2v) is 5.79. The fourth-order valence-electron chi connectivity index (χ4n) is 1.97. The van der Waals surface area contributed by atoms with Crippen molar-refractivity contribution < 1.29 is 14.0 Å². The van der Waals surface area contributed by atoms with E-state index < -0.39 is 0 Å². The topological polar surface area (TPSA) is 71.3 Å². The van der Waals surface area contributed by atoms with Gasteiger partial charge in [-0.1, -0.05) is 6.07 Å². The predicted molar refractivity (Wildman–Crippen MR) is 95.1 cm³/mol. The van der Waals surface area contributed by atoms with Gasteiger partial charge in [0.1, 0.15) is 5.76 Å². The molecular weight excluding hydrogens is 324 g/mol. The van der Waals surface area contributed by atoms with Gasteiger partial charge in [0.2, 0.25) is 5.91 Å². The number of furan rings is 1. The Hall–Kier alpha value is -3.12. The minimum Gasteiger partial charge on any atom is -0.465 e. The molecule has 3 aromatic rings. The summed E-state index contributed by atoms with van der Waals surface area (Å²) in [5.41, 5.74) is 1.30. The molecule has 2 aromatic heterocycles. The molecule has 5 nitrogen and oxygen atoms in total. The van der Waals surface area contributed by atoms with Gasteiger partial charge in [-0.05, 0) is 53.9 Å². The zero-order chi connectivity index (χ0) is 16.8. The first-order chi connectivity index (χ1) is 11.7. The summed E-state index contributed by atoms with van der Waals surface area (Å²) in [7, 11) is 0. The van der Waals surface area contributed by atoms with Crippen LogP contribution in [-0.2, 0) is 4.79 Å². The van der Waals surface area contributed by atoms with E-state index in [0.29, 0.717) is 22.0 Å². The van der Waals surface area contributed by atoms with Crippen molar-refractivity contribution >= 4 is 40.6 Å². The molecule has 0 saturated carbocycles. The van der Waals surface area contributed by atoms with E-state index in [1.165, 1.54) is 17.4 Å². The Bertz CT molecular complexity index is 835. The molecule has 2 N–H and O–H groups in total. The fourth-order valence-corrected chi connectivity index (χ4v) is 2.58. The molecule has 0 radical (unpaired) electrons. The maximum Gasteiger partial charge on any atom is 0.265 e. The van der Waals surface area contributed by atoms with E-state index in [9.17, 15) is 9.59 Å². The van der Waals surface area contributed by atoms with E-state index >= 15 is 0 Å². The summed E-state index contributed by atoms with van der Waals surface area (Å²) in [5, 5.41) is 7.39. The lowest BCUT2D eigenvalue weighted by atomic mass is 10.2. The molecule has 6 heteroatoms. The van der Waals surface area contributed by atoms with Crippen LogP contribution in [0.25, 0.3) is 6.08 Å². The van der Waals surface area contributed by atoms with Crippen LogP contribution in [0.5, 0.6) is 0 Å². The van der Waals surface area contributed by atoms with Crippen LogP contribution in [0.15, 0.2) is 70.7 Å². The molecule has 0 fully saturated rings. The van der Waals surface area contributed by atoms with Gasteiger partial charge in [-0.3, -0.25) is 9.59 Å². The van der Waals surface area contributed by atoms with Crippen LogP contribution in [0.1, 0.15) is 15.4 Å². The molecule has 24 heavy (non-hydrogen) atoms. The lowest BCUT2D eigenvalue weighted by Gasteiger charge is -2.06. The Balaban J connectivity index is 1.56. The van der Waals surface area contributed by atoms with Crippen LogP contribution in [0.3, 0.4) is 0 Å². The smallest absolute Gasteiger partial charge is 0.265 e. The first-order valence-electron chi connectivity index (χ1n) is 7.18. The van der Waals surface area contributed by atoms with Crippen molar-refractivity contribution in [2.45, 2.75) is 0 Å². The monoisotopic (exact) mass is 338 g/mol. The number of nitrogens with one attached hydrogen (secondary N) is 2. The van der Waals surface area contributed by atoms with Crippen LogP contribution in [0.2, 0.25) is 0 Å². The number of carbonyl (C=O) groups excluding carboxylic acids is 2. The van der Waals surface area contributed by atoms with Crippen LogP contribution in [0, 0.1) is 0 Å². The Morgan fingerprint density at radius 3 is 2.33 bits per heavy atom. The van der Waals surface area contributed by atoms with E-state index in [0.717, 1.165) is 0 Å². The molecule has 2 amide bonds. The van der Waals surface area contributed by atoms with Crippen molar-refractivity contribution in [1.29, 1.82) is 0 Å². The van der Waals surface area contributed by atoms with Gasteiger partial charge in [0.25, 0.3) is 5.91 Å². The highest BCUT2D eigenvalue weighted by Gasteiger charge is 2.06. The lowest BCUT2D eigenvalue weighted by molar-refractivity contribution is -0.111. The van der Waals surface area contributed by atoms with Crippen LogP contribution in [-0.4, -0.2) is 11.8 Å². The Morgan fingerprint density at radius 2 is 1.71 bits per heavy atom. The molecule has 3 rings (SSSR count). The molecule has 0 spiro atoms. The number of anilines is 2. The first kappa shape index (κ1) is 15.8. The van der Waals surface area contributed by atoms with Crippen LogP contribution < -0.4 is 10.6 Å². The van der Waals surface area contributed by atoms with Gasteiger partial charge < -0.3 is 15.1 Å². The average molecular weight is 338 g/mol. The van der Waals surface area contributed by atoms with Crippen molar-refractivity contribution in [2.24, 2.45) is 0 Å². The summed E-state index contributed by atoms with van der Waals surface area (Å²) in [6.07, 6.45) is 4.52. The first-order valence-corrected chi connectivity index (χ1v) is 8.06. The lowest BCUT2D eigenvalue weighted by Crippen LogP contribution is -2.10. The third kappa shape index (κ3) is 4.21. The van der Waals surface area contributed by atoms with Gasteiger partial charge in [0.05, 0.1) is 11.1 Å². The van der Waals surface area contributed by atoms with E-state index in [1.807, 2.05) is 11.4 Å². The van der Waals surface area contributed by atoms with E-state index in [4.69, 9.17) is 4.42 Å². The fraction of sp³-hybridized carbons (Fsp3) is 0. The molecule has 0 aliphatic rings. The zero-order valence-corrected chi connectivity index (χ0v) is 13.4. The maximum absolute atomic E-state index is 11.9. The zero-order valence-electron chi connectivity index (χ0n) is 12.6. The highest BCUT2D eigenvalue weighted by molar-refractivity contribution is 7.12. The molecule has 1 aromatic carbocycles. The number of hydrogen-bond acceptors (Lipinski definition) is 4. The van der Waals surface area contributed by atoms with Gasteiger partial charge in [0, 0.05) is 17.5 Å². The number of benzene rings is 1. The van der Waals surface area contributed by atoms with Gasteiger partial charge in [-0.25, -0.2) is 0 Å². The third-order valence-corrected chi connectivity index (χ3v) is 3.97. The SMILES string of the molecule is O=C(/C=C\c1ccco1)Nc1ccc(NC(=O)c2cccs2)cc1. The summed E-state index contributed by atoms with van der Waals surface area (Å²) in [6.45, 7) is 0. The average Bonchev–Trinajstić information content (AvgIpc) is 3.28. The molecule has 0 saturated heterocycles. The summed E-state index contributed by atoms with van der Waals surface area (Å²) in [4.78, 5) is 24.4. The van der Waals surface area contributed by atoms with Crippen molar-refractivity contribution in [1.82, 2.24) is 0 Å². The highest BCUT2D eigenvalue weighted by atomic mass is 32.1. The summed E-state index contributed by atoms with van der Waals surface area (Å²) in [5.74, 6) is 0.196. The normalized spacial score (nSPS) is 10.7. The molecular formula is C18H14N2O3S. The molecule has 0 unspecified atom stereocenters. The minimum atomic E-state index is -0.262. The van der Waals surface area contributed by atoms with E-state index in [1.54, 1.807) is 54.8 Å². The van der Waals surface area contributed by atoms with E-state index in [2.05, 4.69) is 10.6 Å². The summed E-state index contributed by atoms with van der Waals surface area (Å²) < 4.78 is 5.11. The minimum absolute atomic E-state index is 0.150. The van der Waals surface area contributed by atoms with Crippen molar-refractivity contribution in [3.8, 4) is 0 Å². The van der Waals surface area contributed by atoms with Gasteiger partial charge in [-0.15, -0.1) is 11.3 Å². The quantitative estimate of drug-likeness (QED) is 0.683. The van der Waals surface area contributed by atoms with Crippen molar-refractivity contribution in [2.75, 3.05) is 10.6 Å². The molecule has 0 aliphatic heterocycles. The molecule has 0 atom stereocenters. The number of rotatable bonds is 5. The molecule has 0 aliphatic carbocycles. The number of amides is 2. The van der Waals surface area contributed by atoms with Gasteiger partial charge in [0.15, 0.2) is 0 Å². The predicted octanol–water partition coefficient (Wildman–Crippen LogP) is 4.25. The third-order valence-electron chi connectivity index (χ3n) is 3.10. The standard InChI is InChI=1S/C18H14N2O3S/c21-17(10-9-15-3-1-11-23-15)19-13-5-7-14(8-6-13)20-18(22)16-4-2-12-24-16/h1-12H,(H,19,21)(H,20,22)/b10-9-. The largest absolute Gasteiger partial charge is 0.465 e. The van der Waals surface area contributed by atoms with Crippen molar-refractivity contribution in [3.05, 3.63) is 76.9 Å². The maximum atomic E-state index is 11.9. The Morgan fingerprint density at radius 1 is 0.958 bits per heavy atom. The number of hydrogen-bond donors (Lipinski definition) is 2. The molecule has 2 heterocycles. The summed E-state index contributed by atoms with van der Waals surface area (Å²) >= 11 is 1.38. The van der Waals surface area contributed by atoms with E-state index in [-0.39, 0.29) is 11.8 Å². The Kier molecular flexibility index (Phi) is 4.88. The second kappa shape index (κ2) is 7.43. The van der Waals surface area contributed by atoms with Crippen molar-refractivity contribution in [3.63, 3.8) is 0 Å². The highest BCUT2D eigenvalue weighted by Crippen LogP contribution is 2.16.